The van der Waals surface area contributed by atoms with Crippen molar-refractivity contribution in [2.45, 2.75) is 26.4 Å². The molecule has 1 rings (SSSR count). The zero-order valence-corrected chi connectivity index (χ0v) is 10.1. The Hall–Kier alpha value is -1.49. The SMILES string of the molecule is CC(C)OCCCNC(=O)c1ccc(F)nc1. The van der Waals surface area contributed by atoms with Crippen LogP contribution in [-0.4, -0.2) is 30.1 Å². The van der Waals surface area contributed by atoms with Crippen LogP contribution in [0.5, 0.6) is 0 Å². The molecule has 1 amide bonds. The minimum absolute atomic E-state index is 0.201. The summed E-state index contributed by atoms with van der Waals surface area (Å²) in [6, 6.07) is 2.57. The molecule has 0 bridgehead atoms. The molecule has 0 saturated carbocycles. The molecular formula is C12H17FN2O2. The molecule has 0 radical (unpaired) electrons. The molecule has 0 aliphatic rings. The van der Waals surface area contributed by atoms with E-state index >= 15 is 0 Å². The van der Waals surface area contributed by atoms with Gasteiger partial charge in [-0.05, 0) is 32.4 Å². The lowest BCUT2D eigenvalue weighted by Gasteiger charge is -2.08. The number of carbonyl (C=O) groups excluding carboxylic acids is 1. The van der Waals surface area contributed by atoms with E-state index in [-0.39, 0.29) is 12.0 Å². The molecule has 94 valence electrons. The Labute approximate surface area is 100 Å². The maximum Gasteiger partial charge on any atom is 0.252 e. The number of pyridine rings is 1. The van der Waals surface area contributed by atoms with E-state index in [1.807, 2.05) is 13.8 Å². The van der Waals surface area contributed by atoms with Crippen LogP contribution in [0.15, 0.2) is 18.3 Å². The van der Waals surface area contributed by atoms with Crippen LogP contribution in [0.3, 0.4) is 0 Å². The van der Waals surface area contributed by atoms with E-state index in [0.717, 1.165) is 12.5 Å². The Balaban J connectivity index is 2.23. The molecule has 1 aromatic rings. The van der Waals surface area contributed by atoms with Gasteiger partial charge in [0.1, 0.15) is 0 Å². The average Bonchev–Trinajstić information content (AvgIpc) is 2.29. The Morgan fingerprint density at radius 1 is 1.53 bits per heavy atom. The fourth-order valence-electron chi connectivity index (χ4n) is 1.21. The predicted octanol–water partition coefficient (Wildman–Crippen LogP) is 1.77. The average molecular weight is 240 g/mol. The summed E-state index contributed by atoms with van der Waals surface area (Å²) < 4.78 is 17.9. The van der Waals surface area contributed by atoms with Gasteiger partial charge in [0.05, 0.1) is 11.7 Å². The molecule has 4 nitrogen and oxygen atoms in total. The van der Waals surface area contributed by atoms with Crippen LogP contribution in [0.1, 0.15) is 30.6 Å². The first-order valence-corrected chi connectivity index (χ1v) is 5.61. The lowest BCUT2D eigenvalue weighted by atomic mass is 10.2. The summed E-state index contributed by atoms with van der Waals surface area (Å²) in [5.41, 5.74) is 0.358. The van der Waals surface area contributed by atoms with Gasteiger partial charge >= 0.3 is 0 Å². The number of rotatable bonds is 6. The van der Waals surface area contributed by atoms with E-state index in [1.54, 1.807) is 0 Å². The van der Waals surface area contributed by atoms with Crippen molar-refractivity contribution < 1.29 is 13.9 Å². The van der Waals surface area contributed by atoms with E-state index in [9.17, 15) is 9.18 Å². The Morgan fingerprint density at radius 2 is 2.29 bits per heavy atom. The van der Waals surface area contributed by atoms with E-state index in [0.29, 0.717) is 18.7 Å². The highest BCUT2D eigenvalue weighted by atomic mass is 19.1. The van der Waals surface area contributed by atoms with Gasteiger partial charge in [0, 0.05) is 19.3 Å². The van der Waals surface area contributed by atoms with Gasteiger partial charge in [-0.1, -0.05) is 0 Å². The summed E-state index contributed by atoms with van der Waals surface area (Å²) >= 11 is 0. The predicted molar refractivity (Wildman–Crippen MR) is 62.2 cm³/mol. The topological polar surface area (TPSA) is 51.2 Å². The van der Waals surface area contributed by atoms with Crippen LogP contribution < -0.4 is 5.32 Å². The van der Waals surface area contributed by atoms with Gasteiger partial charge in [-0.25, -0.2) is 4.98 Å². The lowest BCUT2D eigenvalue weighted by Crippen LogP contribution is -2.25. The van der Waals surface area contributed by atoms with Crippen molar-refractivity contribution in [3.63, 3.8) is 0 Å². The molecule has 0 aromatic carbocycles. The third-order valence-corrected chi connectivity index (χ3v) is 2.05. The summed E-state index contributed by atoms with van der Waals surface area (Å²) in [4.78, 5) is 15.0. The fraction of sp³-hybridized carbons (Fsp3) is 0.500. The number of hydrogen-bond acceptors (Lipinski definition) is 3. The first-order valence-electron chi connectivity index (χ1n) is 5.61. The van der Waals surface area contributed by atoms with Crippen molar-refractivity contribution in [1.29, 1.82) is 0 Å². The van der Waals surface area contributed by atoms with Crippen LogP contribution in [0.4, 0.5) is 4.39 Å². The molecule has 5 heteroatoms. The molecule has 17 heavy (non-hydrogen) atoms. The molecular weight excluding hydrogens is 223 g/mol. The third kappa shape index (κ3) is 5.40. The summed E-state index contributed by atoms with van der Waals surface area (Å²) in [6.07, 6.45) is 2.17. The first-order chi connectivity index (χ1) is 8.09. The summed E-state index contributed by atoms with van der Waals surface area (Å²) in [5.74, 6) is -0.839. The molecule has 1 aromatic heterocycles. The summed E-state index contributed by atoms with van der Waals surface area (Å²) in [6.45, 7) is 5.06. The summed E-state index contributed by atoms with van der Waals surface area (Å²) in [7, 11) is 0. The van der Waals surface area contributed by atoms with Crippen LogP contribution in [-0.2, 0) is 4.74 Å². The number of ether oxygens (including phenoxy) is 1. The minimum Gasteiger partial charge on any atom is -0.379 e. The molecule has 0 saturated heterocycles. The van der Waals surface area contributed by atoms with Gasteiger partial charge in [0.2, 0.25) is 5.95 Å². The van der Waals surface area contributed by atoms with E-state index < -0.39 is 5.95 Å². The van der Waals surface area contributed by atoms with Gasteiger partial charge in [-0.3, -0.25) is 4.79 Å². The standard InChI is InChI=1S/C12H17FN2O2/c1-9(2)17-7-3-6-14-12(16)10-4-5-11(13)15-8-10/h4-5,8-9H,3,6-7H2,1-2H3,(H,14,16). The van der Waals surface area contributed by atoms with Crippen LogP contribution in [0.2, 0.25) is 0 Å². The van der Waals surface area contributed by atoms with Crippen molar-refractivity contribution >= 4 is 5.91 Å². The molecule has 0 aliphatic carbocycles. The number of halogens is 1. The van der Waals surface area contributed by atoms with Crippen molar-refractivity contribution in [3.05, 3.63) is 29.8 Å². The molecule has 1 N–H and O–H groups in total. The van der Waals surface area contributed by atoms with Gasteiger partial charge < -0.3 is 10.1 Å². The second kappa shape index (κ2) is 6.96. The Morgan fingerprint density at radius 3 is 2.88 bits per heavy atom. The van der Waals surface area contributed by atoms with Crippen molar-refractivity contribution in [2.75, 3.05) is 13.2 Å². The maximum absolute atomic E-state index is 12.5. The smallest absolute Gasteiger partial charge is 0.252 e. The number of carbonyl (C=O) groups is 1. The van der Waals surface area contributed by atoms with Crippen molar-refractivity contribution in [2.24, 2.45) is 0 Å². The molecule has 0 atom stereocenters. The fourth-order valence-corrected chi connectivity index (χ4v) is 1.21. The molecule has 0 spiro atoms. The number of aromatic nitrogens is 1. The number of nitrogens with one attached hydrogen (secondary N) is 1. The lowest BCUT2D eigenvalue weighted by molar-refractivity contribution is 0.0757. The molecule has 0 unspecified atom stereocenters. The summed E-state index contributed by atoms with van der Waals surface area (Å²) in [5, 5.41) is 2.71. The van der Waals surface area contributed by atoms with Crippen molar-refractivity contribution in [3.8, 4) is 0 Å². The third-order valence-electron chi connectivity index (χ3n) is 2.05. The number of hydrogen-bond donors (Lipinski definition) is 1. The monoisotopic (exact) mass is 240 g/mol. The zero-order chi connectivity index (χ0) is 12.7. The van der Waals surface area contributed by atoms with Gasteiger partial charge in [0.15, 0.2) is 0 Å². The number of nitrogens with zero attached hydrogens (tertiary/aromatic N) is 1. The molecule has 1 heterocycles. The highest BCUT2D eigenvalue weighted by molar-refractivity contribution is 5.93. The zero-order valence-electron chi connectivity index (χ0n) is 10.1. The maximum atomic E-state index is 12.5. The van der Waals surface area contributed by atoms with E-state index in [4.69, 9.17) is 4.74 Å². The van der Waals surface area contributed by atoms with Crippen LogP contribution in [0.25, 0.3) is 0 Å². The largest absolute Gasteiger partial charge is 0.379 e. The van der Waals surface area contributed by atoms with Gasteiger partial charge in [0.25, 0.3) is 5.91 Å². The second-order valence-corrected chi connectivity index (χ2v) is 3.90. The van der Waals surface area contributed by atoms with E-state index in [2.05, 4.69) is 10.3 Å². The quantitative estimate of drug-likeness (QED) is 0.609. The van der Waals surface area contributed by atoms with Gasteiger partial charge in [-0.2, -0.15) is 4.39 Å². The van der Waals surface area contributed by atoms with Crippen LogP contribution >= 0.6 is 0 Å². The Kier molecular flexibility index (Phi) is 5.56. The first kappa shape index (κ1) is 13.6. The van der Waals surface area contributed by atoms with Gasteiger partial charge in [-0.15, -0.1) is 0 Å². The highest BCUT2D eigenvalue weighted by Gasteiger charge is 2.05. The molecule has 0 aliphatic heterocycles. The normalized spacial score (nSPS) is 10.6. The van der Waals surface area contributed by atoms with Crippen molar-refractivity contribution in [1.82, 2.24) is 10.3 Å². The minimum atomic E-state index is -0.591. The Bertz CT molecular complexity index is 352. The number of amides is 1. The second-order valence-electron chi connectivity index (χ2n) is 3.90. The van der Waals surface area contributed by atoms with Crippen LogP contribution in [0, 0.1) is 5.95 Å². The molecule has 0 fully saturated rings. The van der Waals surface area contributed by atoms with E-state index in [1.165, 1.54) is 12.3 Å². The highest BCUT2D eigenvalue weighted by Crippen LogP contribution is 1.98.